The molecule has 5 N–H and O–H groups in total. The molecule has 0 saturated carbocycles. The number of fused-ring (bicyclic) bond motifs is 1. The average molecular weight is 554 g/mol. The maximum Gasteiger partial charge on any atom is 0.490 e. The summed E-state index contributed by atoms with van der Waals surface area (Å²) < 4.78 is 84.0. The van der Waals surface area contributed by atoms with E-state index in [0.717, 1.165) is 21.9 Å². The fourth-order valence-electron chi connectivity index (χ4n) is 3.20. The fraction of sp³-hybridized carbons (Fsp3) is 0.0800. The zero-order valence-corrected chi connectivity index (χ0v) is 19.4. The summed E-state index contributed by atoms with van der Waals surface area (Å²) in [5.41, 5.74) is 6.41. The Hall–Kier alpha value is -4.88. The summed E-state index contributed by atoms with van der Waals surface area (Å²) in [6, 6.07) is 15.3. The lowest BCUT2D eigenvalue weighted by atomic mass is 10.0. The van der Waals surface area contributed by atoms with Gasteiger partial charge in [-0.25, -0.2) is 19.0 Å². The van der Waals surface area contributed by atoms with Crippen LogP contribution in [0.15, 0.2) is 72.9 Å². The molecule has 0 fully saturated rings. The SMILES string of the molecule is Nc1nccc2ccc(-c3ccc(NC(=O)Nc4cc(C(F)(F)F)ccc4F)cc3)cc12.O=C(O)C(F)(F)F. The van der Waals surface area contributed by atoms with Crippen LogP contribution in [0, 0.1) is 5.82 Å². The largest absolute Gasteiger partial charge is 0.490 e. The van der Waals surface area contributed by atoms with E-state index >= 15 is 0 Å². The van der Waals surface area contributed by atoms with Crippen molar-refractivity contribution < 1.29 is 45.4 Å². The molecule has 7 nitrogen and oxygen atoms in total. The molecular formula is C25H17F7N4O3. The second kappa shape index (κ2) is 11.2. The van der Waals surface area contributed by atoms with E-state index in [1.54, 1.807) is 30.5 Å². The number of pyridine rings is 1. The summed E-state index contributed by atoms with van der Waals surface area (Å²) >= 11 is 0. The van der Waals surface area contributed by atoms with Crippen molar-refractivity contribution in [1.29, 1.82) is 0 Å². The number of rotatable bonds is 3. The fourth-order valence-corrected chi connectivity index (χ4v) is 3.20. The zero-order chi connectivity index (χ0) is 29.0. The first-order valence-corrected chi connectivity index (χ1v) is 10.6. The van der Waals surface area contributed by atoms with Crippen LogP contribution in [-0.4, -0.2) is 28.3 Å². The van der Waals surface area contributed by atoms with Crippen LogP contribution in [0.4, 0.5) is 52.7 Å². The molecule has 39 heavy (non-hydrogen) atoms. The Balaban J connectivity index is 0.000000532. The molecule has 4 rings (SSSR count). The van der Waals surface area contributed by atoms with Crippen molar-refractivity contribution in [1.82, 2.24) is 4.98 Å². The Morgan fingerprint density at radius 2 is 1.44 bits per heavy atom. The molecule has 3 aromatic carbocycles. The number of nitrogen functional groups attached to an aromatic ring is 1. The normalized spacial score (nSPS) is 11.4. The van der Waals surface area contributed by atoms with E-state index in [1.165, 1.54) is 0 Å². The highest BCUT2D eigenvalue weighted by molar-refractivity contribution is 6.00. The van der Waals surface area contributed by atoms with Crippen LogP contribution >= 0.6 is 0 Å². The van der Waals surface area contributed by atoms with Gasteiger partial charge in [0.05, 0.1) is 11.3 Å². The van der Waals surface area contributed by atoms with Crippen molar-refractivity contribution >= 4 is 40.0 Å². The Kier molecular flexibility index (Phi) is 8.27. The van der Waals surface area contributed by atoms with Gasteiger partial charge >= 0.3 is 24.4 Å². The highest BCUT2D eigenvalue weighted by atomic mass is 19.4. The lowest BCUT2D eigenvalue weighted by Gasteiger charge is -2.12. The number of carbonyl (C=O) groups is 2. The number of carbonyl (C=O) groups excluding carboxylic acids is 1. The zero-order valence-electron chi connectivity index (χ0n) is 19.4. The van der Waals surface area contributed by atoms with Crippen LogP contribution in [0.2, 0.25) is 0 Å². The number of hydrogen-bond donors (Lipinski definition) is 4. The number of urea groups is 1. The van der Waals surface area contributed by atoms with E-state index in [1.807, 2.05) is 24.3 Å². The number of anilines is 3. The summed E-state index contributed by atoms with van der Waals surface area (Å²) in [6.07, 6.45) is -8.10. The number of nitrogens with zero attached hydrogens (tertiary/aromatic N) is 1. The number of amides is 2. The third kappa shape index (κ3) is 7.56. The van der Waals surface area contributed by atoms with Gasteiger partial charge in [-0.3, -0.25) is 0 Å². The molecule has 0 atom stereocenters. The Labute approximate surface area is 215 Å². The predicted octanol–water partition coefficient (Wildman–Crippen LogP) is 6.92. The van der Waals surface area contributed by atoms with Gasteiger partial charge in [-0.15, -0.1) is 0 Å². The van der Waals surface area contributed by atoms with Gasteiger partial charge in [0.25, 0.3) is 0 Å². The lowest BCUT2D eigenvalue weighted by Crippen LogP contribution is -2.21. The van der Waals surface area contributed by atoms with Crippen LogP contribution < -0.4 is 16.4 Å². The van der Waals surface area contributed by atoms with Gasteiger partial charge in [-0.1, -0.05) is 24.3 Å². The van der Waals surface area contributed by atoms with Crippen LogP contribution in [0.25, 0.3) is 21.9 Å². The van der Waals surface area contributed by atoms with E-state index in [4.69, 9.17) is 15.6 Å². The molecule has 0 unspecified atom stereocenters. The van der Waals surface area contributed by atoms with E-state index in [2.05, 4.69) is 15.6 Å². The van der Waals surface area contributed by atoms with Crippen molar-refractivity contribution in [2.75, 3.05) is 16.4 Å². The van der Waals surface area contributed by atoms with E-state index in [9.17, 15) is 35.5 Å². The minimum absolute atomic E-state index is 0.376. The molecule has 2 amide bonds. The summed E-state index contributed by atoms with van der Waals surface area (Å²) in [7, 11) is 0. The second-order valence-corrected chi connectivity index (χ2v) is 7.78. The molecule has 0 radical (unpaired) electrons. The molecule has 0 bridgehead atoms. The van der Waals surface area contributed by atoms with Crippen molar-refractivity contribution in [3.05, 3.63) is 84.3 Å². The minimum atomic E-state index is -5.08. The first-order chi connectivity index (χ1) is 18.1. The average Bonchev–Trinajstić information content (AvgIpc) is 2.85. The summed E-state index contributed by atoms with van der Waals surface area (Å²) in [6.45, 7) is 0. The standard InChI is InChI=1S/C23H16F4N4O.C2HF3O2/c24-19-8-5-16(23(25,26)27)12-20(19)31-22(32)30-17-6-3-13(4-7-17)15-2-1-14-9-10-29-21(28)18(14)11-15;3-2(4,5)1(6)7/h1-12H,(H2,28,29)(H2,30,31,32);(H,6,7). The number of benzene rings is 3. The van der Waals surface area contributed by atoms with Gasteiger partial charge < -0.3 is 21.5 Å². The summed E-state index contributed by atoms with van der Waals surface area (Å²) in [4.78, 5) is 25.1. The topological polar surface area (TPSA) is 117 Å². The Morgan fingerprint density at radius 1 is 0.821 bits per heavy atom. The third-order valence-corrected chi connectivity index (χ3v) is 5.06. The highest BCUT2D eigenvalue weighted by Crippen LogP contribution is 2.32. The van der Waals surface area contributed by atoms with Gasteiger partial charge in [0.15, 0.2) is 0 Å². The molecule has 0 aliphatic carbocycles. The Morgan fingerprint density at radius 3 is 2.03 bits per heavy atom. The number of hydrogen-bond acceptors (Lipinski definition) is 4. The molecule has 1 heterocycles. The molecule has 0 aliphatic heterocycles. The quantitative estimate of drug-likeness (QED) is 0.205. The van der Waals surface area contributed by atoms with Crippen LogP contribution in [0.1, 0.15) is 5.56 Å². The van der Waals surface area contributed by atoms with E-state index in [0.29, 0.717) is 29.7 Å². The van der Waals surface area contributed by atoms with Crippen molar-refractivity contribution in [2.24, 2.45) is 0 Å². The molecule has 0 spiro atoms. The highest BCUT2D eigenvalue weighted by Gasteiger charge is 2.38. The first kappa shape index (κ1) is 28.7. The van der Waals surface area contributed by atoms with Crippen LogP contribution in [0.3, 0.4) is 0 Å². The minimum Gasteiger partial charge on any atom is -0.475 e. The number of aliphatic carboxylic acids is 1. The van der Waals surface area contributed by atoms with E-state index < -0.39 is 41.4 Å². The number of carboxylic acid groups (broad SMARTS) is 1. The van der Waals surface area contributed by atoms with Crippen LogP contribution in [0.5, 0.6) is 0 Å². The molecular weight excluding hydrogens is 537 g/mol. The molecule has 204 valence electrons. The number of carboxylic acids is 1. The number of nitrogens with two attached hydrogens (primary N) is 1. The number of halogens is 7. The summed E-state index contributed by atoms with van der Waals surface area (Å²) in [5, 5.41) is 13.5. The van der Waals surface area contributed by atoms with Gasteiger partial charge in [0.2, 0.25) is 0 Å². The lowest BCUT2D eigenvalue weighted by molar-refractivity contribution is -0.192. The number of nitrogens with one attached hydrogen (secondary N) is 2. The van der Waals surface area contributed by atoms with Crippen molar-refractivity contribution in [2.45, 2.75) is 12.4 Å². The van der Waals surface area contributed by atoms with Crippen molar-refractivity contribution in [3.8, 4) is 11.1 Å². The molecule has 4 aromatic rings. The van der Waals surface area contributed by atoms with Gasteiger partial charge in [0.1, 0.15) is 11.6 Å². The smallest absolute Gasteiger partial charge is 0.475 e. The molecule has 1 aromatic heterocycles. The predicted molar refractivity (Wildman–Crippen MR) is 129 cm³/mol. The monoisotopic (exact) mass is 554 g/mol. The van der Waals surface area contributed by atoms with Gasteiger partial charge in [-0.05, 0) is 59.0 Å². The second-order valence-electron chi connectivity index (χ2n) is 7.78. The molecule has 0 aliphatic rings. The van der Waals surface area contributed by atoms with Crippen LogP contribution in [-0.2, 0) is 11.0 Å². The van der Waals surface area contributed by atoms with Crippen molar-refractivity contribution in [3.63, 3.8) is 0 Å². The molecule has 14 heteroatoms. The maximum atomic E-state index is 13.8. The Bertz CT molecular complexity index is 1500. The van der Waals surface area contributed by atoms with Gasteiger partial charge in [-0.2, -0.15) is 26.3 Å². The molecule has 0 saturated heterocycles. The number of aromatic nitrogens is 1. The number of alkyl halides is 6. The van der Waals surface area contributed by atoms with E-state index in [-0.39, 0.29) is 0 Å². The van der Waals surface area contributed by atoms with Gasteiger partial charge in [0, 0.05) is 17.3 Å². The maximum absolute atomic E-state index is 13.8. The summed E-state index contributed by atoms with van der Waals surface area (Å²) in [5.74, 6) is -3.32. The third-order valence-electron chi connectivity index (χ3n) is 5.06. The first-order valence-electron chi connectivity index (χ1n) is 10.6.